The Balaban J connectivity index is 2.18. The lowest BCUT2D eigenvalue weighted by Crippen LogP contribution is -2.09. The molecule has 0 aliphatic carbocycles. The largest absolute Gasteiger partial charge is 0.423 e. The van der Waals surface area contributed by atoms with Crippen molar-refractivity contribution < 1.29 is 14.3 Å². The highest BCUT2D eigenvalue weighted by atomic mass is 16.5. The van der Waals surface area contributed by atoms with Crippen LogP contribution in [-0.2, 0) is 0 Å². The van der Waals surface area contributed by atoms with Crippen LogP contribution in [0.1, 0.15) is 34.1 Å². The molecule has 0 aliphatic rings. The number of para-hydroxylation sites is 1. The third kappa shape index (κ3) is 3.28. The number of hydrogen-bond donors (Lipinski definition) is 0. The van der Waals surface area contributed by atoms with Gasteiger partial charge in [-0.2, -0.15) is 0 Å². The number of carbonyl (C=O) groups is 2. The van der Waals surface area contributed by atoms with E-state index in [0.717, 1.165) is 0 Å². The average molecular weight is 254 g/mol. The van der Waals surface area contributed by atoms with Gasteiger partial charge < -0.3 is 4.74 Å². The molecule has 0 saturated heterocycles. The highest BCUT2D eigenvalue weighted by Gasteiger charge is 2.11. The SMILES string of the molecule is CCC(=O)c1cccc(C(=O)Oc2ccccc2)c1. The van der Waals surface area contributed by atoms with Crippen LogP contribution in [0.5, 0.6) is 5.75 Å². The van der Waals surface area contributed by atoms with Crippen molar-refractivity contribution >= 4 is 11.8 Å². The summed E-state index contributed by atoms with van der Waals surface area (Å²) in [6.07, 6.45) is 0.414. The van der Waals surface area contributed by atoms with Crippen LogP contribution >= 0.6 is 0 Å². The molecule has 0 aromatic heterocycles. The molecule has 0 bridgehead atoms. The zero-order valence-corrected chi connectivity index (χ0v) is 10.6. The Bertz CT molecular complexity index is 588. The highest BCUT2D eigenvalue weighted by Crippen LogP contribution is 2.13. The second-order valence-corrected chi connectivity index (χ2v) is 4.06. The van der Waals surface area contributed by atoms with E-state index in [9.17, 15) is 9.59 Å². The number of hydrogen-bond acceptors (Lipinski definition) is 3. The molecule has 0 fully saturated rings. The maximum absolute atomic E-state index is 11.9. The van der Waals surface area contributed by atoms with Gasteiger partial charge in [0.25, 0.3) is 0 Å². The fourth-order valence-corrected chi connectivity index (χ4v) is 1.68. The predicted octanol–water partition coefficient (Wildman–Crippen LogP) is 3.50. The molecule has 0 atom stereocenters. The molecule has 2 aromatic carbocycles. The maximum atomic E-state index is 11.9. The summed E-state index contributed by atoms with van der Waals surface area (Å²) in [7, 11) is 0. The van der Waals surface area contributed by atoms with E-state index in [1.165, 1.54) is 0 Å². The van der Waals surface area contributed by atoms with Crippen molar-refractivity contribution in [1.29, 1.82) is 0 Å². The monoisotopic (exact) mass is 254 g/mol. The molecule has 0 aliphatic heterocycles. The Morgan fingerprint density at radius 2 is 1.63 bits per heavy atom. The quantitative estimate of drug-likeness (QED) is 0.476. The van der Waals surface area contributed by atoms with Gasteiger partial charge in [0.1, 0.15) is 5.75 Å². The minimum absolute atomic E-state index is 0.00867. The van der Waals surface area contributed by atoms with Crippen LogP contribution in [0.4, 0.5) is 0 Å². The van der Waals surface area contributed by atoms with Gasteiger partial charge in [0.2, 0.25) is 0 Å². The summed E-state index contributed by atoms with van der Waals surface area (Å²) in [6.45, 7) is 1.79. The Hall–Kier alpha value is -2.42. The van der Waals surface area contributed by atoms with E-state index >= 15 is 0 Å². The van der Waals surface area contributed by atoms with E-state index < -0.39 is 5.97 Å². The first-order valence-electron chi connectivity index (χ1n) is 6.11. The lowest BCUT2D eigenvalue weighted by Gasteiger charge is -2.05. The van der Waals surface area contributed by atoms with E-state index in [0.29, 0.717) is 23.3 Å². The van der Waals surface area contributed by atoms with Crippen LogP contribution in [0.15, 0.2) is 54.6 Å². The van der Waals surface area contributed by atoms with Crippen LogP contribution in [0.2, 0.25) is 0 Å². The molecule has 96 valence electrons. The van der Waals surface area contributed by atoms with E-state index in [2.05, 4.69) is 0 Å². The molecule has 2 aromatic rings. The lowest BCUT2D eigenvalue weighted by atomic mass is 10.1. The Morgan fingerprint density at radius 1 is 0.947 bits per heavy atom. The number of carbonyl (C=O) groups excluding carboxylic acids is 2. The smallest absolute Gasteiger partial charge is 0.343 e. The number of Topliss-reactive ketones (excluding diaryl/α,β-unsaturated/α-hetero) is 1. The van der Waals surface area contributed by atoms with Gasteiger partial charge in [0.15, 0.2) is 5.78 Å². The van der Waals surface area contributed by atoms with E-state index in [4.69, 9.17) is 4.74 Å². The summed E-state index contributed by atoms with van der Waals surface area (Å²) < 4.78 is 5.22. The lowest BCUT2D eigenvalue weighted by molar-refractivity contribution is 0.0735. The van der Waals surface area contributed by atoms with Gasteiger partial charge >= 0.3 is 5.97 Å². The van der Waals surface area contributed by atoms with E-state index in [-0.39, 0.29) is 5.78 Å². The number of ether oxygens (including phenoxy) is 1. The fourth-order valence-electron chi connectivity index (χ4n) is 1.68. The van der Waals surface area contributed by atoms with Gasteiger partial charge in [0, 0.05) is 12.0 Å². The number of esters is 1. The second kappa shape index (κ2) is 5.96. The molecule has 19 heavy (non-hydrogen) atoms. The summed E-state index contributed by atoms with van der Waals surface area (Å²) in [5.74, 6) is 0.0334. The summed E-state index contributed by atoms with van der Waals surface area (Å²) in [4.78, 5) is 23.5. The van der Waals surface area contributed by atoms with Crippen molar-refractivity contribution in [2.45, 2.75) is 13.3 Å². The first kappa shape index (κ1) is 13.0. The molecular weight excluding hydrogens is 240 g/mol. The van der Waals surface area contributed by atoms with Crippen LogP contribution in [0, 0.1) is 0 Å². The zero-order chi connectivity index (χ0) is 13.7. The molecule has 3 nitrogen and oxygen atoms in total. The van der Waals surface area contributed by atoms with E-state index in [1.807, 2.05) is 6.07 Å². The first-order chi connectivity index (χ1) is 9.20. The molecule has 0 amide bonds. The van der Waals surface area contributed by atoms with Gasteiger partial charge in [-0.25, -0.2) is 4.79 Å². The zero-order valence-electron chi connectivity index (χ0n) is 10.6. The normalized spacial score (nSPS) is 9.95. The average Bonchev–Trinajstić information content (AvgIpc) is 2.47. The van der Waals surface area contributed by atoms with Gasteiger partial charge in [-0.3, -0.25) is 4.79 Å². The van der Waals surface area contributed by atoms with Crippen LogP contribution < -0.4 is 4.74 Å². The predicted molar refractivity (Wildman–Crippen MR) is 72.5 cm³/mol. The molecule has 0 N–H and O–H groups in total. The minimum Gasteiger partial charge on any atom is -0.423 e. The van der Waals surface area contributed by atoms with Crippen LogP contribution in [0.25, 0.3) is 0 Å². The maximum Gasteiger partial charge on any atom is 0.343 e. The van der Waals surface area contributed by atoms with Crippen molar-refractivity contribution in [2.75, 3.05) is 0 Å². The van der Waals surface area contributed by atoms with Crippen molar-refractivity contribution in [3.8, 4) is 5.75 Å². The van der Waals surface area contributed by atoms with Crippen LogP contribution in [0.3, 0.4) is 0 Å². The van der Waals surface area contributed by atoms with Crippen molar-refractivity contribution in [3.63, 3.8) is 0 Å². The third-order valence-corrected chi connectivity index (χ3v) is 2.70. The highest BCUT2D eigenvalue weighted by molar-refractivity contribution is 5.99. The summed E-state index contributed by atoms with van der Waals surface area (Å²) >= 11 is 0. The van der Waals surface area contributed by atoms with Gasteiger partial charge in [0.05, 0.1) is 5.56 Å². The van der Waals surface area contributed by atoms with Crippen LogP contribution in [-0.4, -0.2) is 11.8 Å². The van der Waals surface area contributed by atoms with Crippen molar-refractivity contribution in [2.24, 2.45) is 0 Å². The molecule has 0 saturated carbocycles. The van der Waals surface area contributed by atoms with Gasteiger partial charge in [-0.15, -0.1) is 0 Å². The Labute approximate surface area is 111 Å². The Kier molecular flexibility index (Phi) is 4.08. The van der Waals surface area contributed by atoms with Crippen molar-refractivity contribution in [3.05, 3.63) is 65.7 Å². The summed E-state index contributed by atoms with van der Waals surface area (Å²) in [6, 6.07) is 15.4. The molecule has 0 spiro atoms. The molecular formula is C16H14O3. The number of benzene rings is 2. The minimum atomic E-state index is -0.461. The van der Waals surface area contributed by atoms with Gasteiger partial charge in [-0.1, -0.05) is 37.3 Å². The van der Waals surface area contributed by atoms with E-state index in [1.54, 1.807) is 55.5 Å². The fraction of sp³-hybridized carbons (Fsp3) is 0.125. The molecule has 0 heterocycles. The number of rotatable bonds is 4. The third-order valence-electron chi connectivity index (χ3n) is 2.70. The topological polar surface area (TPSA) is 43.4 Å². The molecule has 3 heteroatoms. The molecule has 0 unspecified atom stereocenters. The van der Waals surface area contributed by atoms with Gasteiger partial charge in [-0.05, 0) is 24.3 Å². The van der Waals surface area contributed by atoms with Crippen molar-refractivity contribution in [1.82, 2.24) is 0 Å². The Morgan fingerprint density at radius 3 is 2.32 bits per heavy atom. The number of ketones is 1. The summed E-state index contributed by atoms with van der Waals surface area (Å²) in [5, 5.41) is 0. The second-order valence-electron chi connectivity index (χ2n) is 4.06. The first-order valence-corrected chi connectivity index (χ1v) is 6.11. The standard InChI is InChI=1S/C16H14O3/c1-2-15(17)12-7-6-8-13(11-12)16(18)19-14-9-4-3-5-10-14/h3-11H,2H2,1H3. The molecule has 2 rings (SSSR count). The summed E-state index contributed by atoms with van der Waals surface area (Å²) in [5.41, 5.74) is 0.910. The molecule has 0 radical (unpaired) electrons.